The van der Waals surface area contributed by atoms with E-state index >= 15 is 0 Å². The second-order valence-corrected chi connectivity index (χ2v) is 9.26. The molecule has 1 N–H and O–H groups in total. The topological polar surface area (TPSA) is 52.7 Å². The molecule has 27 heavy (non-hydrogen) atoms. The zero-order valence-corrected chi connectivity index (χ0v) is 17.9. The van der Waals surface area contributed by atoms with Gasteiger partial charge in [0.05, 0.1) is 16.4 Å². The summed E-state index contributed by atoms with van der Waals surface area (Å²) in [6, 6.07) is 9.10. The van der Waals surface area contributed by atoms with Crippen LogP contribution in [0.5, 0.6) is 0 Å². The van der Waals surface area contributed by atoms with Crippen LogP contribution >= 0.6 is 23.2 Å². The van der Waals surface area contributed by atoms with E-state index in [1.165, 1.54) is 0 Å². The highest BCUT2D eigenvalue weighted by Crippen LogP contribution is 2.36. The summed E-state index contributed by atoms with van der Waals surface area (Å²) >= 11 is 12.5. The number of benzene rings is 2. The molecule has 0 saturated carbocycles. The molecule has 0 spiro atoms. The van der Waals surface area contributed by atoms with Crippen LogP contribution in [0.2, 0.25) is 10.0 Å². The molecule has 0 radical (unpaired) electrons. The quantitative estimate of drug-likeness (QED) is 0.795. The zero-order chi connectivity index (χ0) is 19.8. The predicted octanol–water partition coefficient (Wildman–Crippen LogP) is 4.16. The summed E-state index contributed by atoms with van der Waals surface area (Å²) in [5.74, 6) is 0. The highest BCUT2D eigenvalue weighted by Gasteiger charge is 2.26. The normalized spacial score (nSPS) is 15.8. The van der Waals surface area contributed by atoms with Crippen LogP contribution in [0.1, 0.15) is 11.1 Å². The number of anilines is 2. The number of aryl methyl sites for hydroxylation is 1. The highest BCUT2D eigenvalue weighted by atomic mass is 35.5. The van der Waals surface area contributed by atoms with E-state index < -0.39 is 10.0 Å². The molecule has 0 aromatic heterocycles. The van der Waals surface area contributed by atoms with Gasteiger partial charge in [-0.05, 0) is 50.2 Å². The lowest BCUT2D eigenvalue weighted by molar-refractivity contribution is 0.313. The van der Waals surface area contributed by atoms with Gasteiger partial charge in [0.15, 0.2) is 0 Å². The molecular formula is C19H23Cl2N3O2S. The van der Waals surface area contributed by atoms with Crippen molar-refractivity contribution in [3.05, 3.63) is 51.5 Å². The van der Waals surface area contributed by atoms with Crippen molar-refractivity contribution in [3.8, 4) is 0 Å². The van der Waals surface area contributed by atoms with Gasteiger partial charge in [-0.2, -0.15) is 0 Å². The first-order valence-corrected chi connectivity index (χ1v) is 10.9. The number of rotatable bonds is 4. The zero-order valence-electron chi connectivity index (χ0n) is 15.6. The Labute approximate surface area is 170 Å². The summed E-state index contributed by atoms with van der Waals surface area (Å²) < 4.78 is 29.0. The maximum absolute atomic E-state index is 13.2. The Bertz CT molecular complexity index is 929. The molecule has 5 nitrogen and oxygen atoms in total. The van der Waals surface area contributed by atoms with Crippen molar-refractivity contribution in [2.24, 2.45) is 0 Å². The van der Waals surface area contributed by atoms with Crippen molar-refractivity contribution >= 4 is 44.6 Å². The number of likely N-dealkylation sites (N-methyl/N-ethyl adjacent to an activating group) is 1. The van der Waals surface area contributed by atoms with Crippen molar-refractivity contribution in [2.75, 3.05) is 42.8 Å². The van der Waals surface area contributed by atoms with Crippen molar-refractivity contribution in [3.63, 3.8) is 0 Å². The molecule has 0 aliphatic carbocycles. The van der Waals surface area contributed by atoms with Crippen LogP contribution in [0.25, 0.3) is 0 Å². The first kappa shape index (κ1) is 20.3. The summed E-state index contributed by atoms with van der Waals surface area (Å²) in [6.45, 7) is 6.94. The van der Waals surface area contributed by atoms with E-state index in [0.29, 0.717) is 21.8 Å². The van der Waals surface area contributed by atoms with Gasteiger partial charge in [0.1, 0.15) is 4.90 Å². The summed E-state index contributed by atoms with van der Waals surface area (Å²) in [5.41, 5.74) is 2.47. The van der Waals surface area contributed by atoms with E-state index in [9.17, 15) is 8.42 Å². The summed E-state index contributed by atoms with van der Waals surface area (Å²) in [5, 5.41) is 0.575. The van der Waals surface area contributed by atoms with E-state index in [4.69, 9.17) is 23.2 Å². The minimum atomic E-state index is -3.90. The standard InChI is InChI=1S/C19H23Cl2N3O2S/c1-13-12-15(20)14(2)19(18(13)21)27(25,26)22-16-6-4-5-7-17(16)24-10-8-23(3)9-11-24/h4-7,12,22H,8-11H2,1-3H3. The Morgan fingerprint density at radius 3 is 2.33 bits per heavy atom. The van der Waals surface area contributed by atoms with Crippen LogP contribution in [0.15, 0.2) is 35.2 Å². The minimum Gasteiger partial charge on any atom is -0.367 e. The molecule has 0 atom stereocenters. The molecule has 3 rings (SSSR count). The lowest BCUT2D eigenvalue weighted by Crippen LogP contribution is -2.44. The first-order chi connectivity index (χ1) is 12.7. The Morgan fingerprint density at radius 2 is 1.67 bits per heavy atom. The van der Waals surface area contributed by atoms with Gasteiger partial charge in [-0.1, -0.05) is 35.3 Å². The number of para-hydroxylation sites is 2. The molecule has 146 valence electrons. The fourth-order valence-electron chi connectivity index (χ4n) is 3.21. The summed E-state index contributed by atoms with van der Waals surface area (Å²) in [4.78, 5) is 4.47. The lowest BCUT2D eigenvalue weighted by atomic mass is 10.2. The number of hydrogen-bond acceptors (Lipinski definition) is 4. The highest BCUT2D eigenvalue weighted by molar-refractivity contribution is 7.93. The largest absolute Gasteiger partial charge is 0.367 e. The molecule has 2 aromatic carbocycles. The molecule has 0 bridgehead atoms. The lowest BCUT2D eigenvalue weighted by Gasteiger charge is -2.35. The number of piperazine rings is 1. The molecule has 0 unspecified atom stereocenters. The molecule has 1 saturated heterocycles. The molecular weight excluding hydrogens is 405 g/mol. The molecule has 2 aromatic rings. The smallest absolute Gasteiger partial charge is 0.263 e. The van der Waals surface area contributed by atoms with Crippen molar-refractivity contribution < 1.29 is 8.42 Å². The Morgan fingerprint density at radius 1 is 1.04 bits per heavy atom. The van der Waals surface area contributed by atoms with E-state index in [1.807, 2.05) is 18.2 Å². The van der Waals surface area contributed by atoms with E-state index in [1.54, 1.807) is 26.0 Å². The average molecular weight is 428 g/mol. The van der Waals surface area contributed by atoms with Crippen LogP contribution in [0.4, 0.5) is 11.4 Å². The fourth-order valence-corrected chi connectivity index (χ4v) is 5.50. The number of hydrogen-bond donors (Lipinski definition) is 1. The minimum absolute atomic E-state index is 0.0300. The van der Waals surface area contributed by atoms with Gasteiger partial charge < -0.3 is 9.80 Å². The fraction of sp³-hybridized carbons (Fsp3) is 0.368. The van der Waals surface area contributed by atoms with Gasteiger partial charge in [-0.25, -0.2) is 8.42 Å². The van der Waals surface area contributed by atoms with Gasteiger partial charge in [0.2, 0.25) is 0 Å². The van der Waals surface area contributed by atoms with Gasteiger partial charge in [-0.3, -0.25) is 4.72 Å². The van der Waals surface area contributed by atoms with Crippen molar-refractivity contribution in [2.45, 2.75) is 18.7 Å². The van der Waals surface area contributed by atoms with Crippen LogP contribution in [-0.2, 0) is 10.0 Å². The summed E-state index contributed by atoms with van der Waals surface area (Å²) in [6.07, 6.45) is 0. The Balaban J connectivity index is 1.99. The molecule has 8 heteroatoms. The third-order valence-electron chi connectivity index (χ3n) is 4.85. The van der Waals surface area contributed by atoms with Gasteiger partial charge in [0, 0.05) is 31.2 Å². The third kappa shape index (κ3) is 4.19. The number of nitrogens with zero attached hydrogens (tertiary/aromatic N) is 2. The predicted molar refractivity (Wildman–Crippen MR) is 113 cm³/mol. The van der Waals surface area contributed by atoms with E-state index in [0.717, 1.165) is 31.9 Å². The second-order valence-electron chi connectivity index (χ2n) is 6.86. The number of halogens is 2. The second kappa shape index (κ2) is 7.87. The molecule has 1 aliphatic rings. The SMILES string of the molecule is Cc1cc(Cl)c(C)c(S(=O)(=O)Nc2ccccc2N2CCN(C)CC2)c1Cl. The van der Waals surface area contributed by atoms with Crippen LogP contribution < -0.4 is 9.62 Å². The van der Waals surface area contributed by atoms with Gasteiger partial charge in [-0.15, -0.1) is 0 Å². The molecule has 0 amide bonds. The third-order valence-corrected chi connectivity index (χ3v) is 7.38. The number of sulfonamides is 1. The molecule has 1 heterocycles. The van der Waals surface area contributed by atoms with Gasteiger partial charge in [0.25, 0.3) is 10.0 Å². The van der Waals surface area contributed by atoms with Crippen LogP contribution in [0.3, 0.4) is 0 Å². The van der Waals surface area contributed by atoms with E-state index in [-0.39, 0.29) is 9.92 Å². The van der Waals surface area contributed by atoms with Crippen molar-refractivity contribution in [1.82, 2.24) is 4.90 Å². The Hall–Kier alpha value is -1.47. The van der Waals surface area contributed by atoms with Gasteiger partial charge >= 0.3 is 0 Å². The summed E-state index contributed by atoms with van der Waals surface area (Å²) in [7, 11) is -1.81. The van der Waals surface area contributed by atoms with E-state index in [2.05, 4.69) is 21.6 Å². The first-order valence-electron chi connectivity index (χ1n) is 8.71. The molecule has 1 fully saturated rings. The Kier molecular flexibility index (Phi) is 5.91. The maximum Gasteiger partial charge on any atom is 0.263 e. The van der Waals surface area contributed by atoms with Crippen LogP contribution in [-0.4, -0.2) is 46.5 Å². The van der Waals surface area contributed by atoms with Crippen LogP contribution in [0, 0.1) is 13.8 Å². The number of nitrogens with one attached hydrogen (secondary N) is 1. The van der Waals surface area contributed by atoms with Crippen molar-refractivity contribution in [1.29, 1.82) is 0 Å². The monoisotopic (exact) mass is 427 g/mol. The molecule has 1 aliphatic heterocycles. The average Bonchev–Trinajstić information content (AvgIpc) is 2.61. The maximum atomic E-state index is 13.2.